The van der Waals surface area contributed by atoms with Gasteiger partial charge in [-0.25, -0.2) is 23.2 Å². The fraction of sp³-hybridized carbons (Fsp3) is 0.750. The molecule has 2 heterocycles. The van der Waals surface area contributed by atoms with Gasteiger partial charge in [-0.15, -0.1) is 10.2 Å². The molecule has 1 fully saturated rings. The number of nitrogens with zero attached hydrogens (tertiary/aromatic N) is 2. The third-order valence-corrected chi connectivity index (χ3v) is 5.46. The van der Waals surface area contributed by atoms with E-state index in [2.05, 4.69) is 16.5 Å². The van der Waals surface area contributed by atoms with Gasteiger partial charge in [-0.2, -0.15) is 0 Å². The zero-order valence-corrected chi connectivity index (χ0v) is 13.3. The van der Waals surface area contributed by atoms with Gasteiger partial charge in [0.05, 0.1) is 13.2 Å². The quantitative estimate of drug-likeness (QED) is 0.307. The third-order valence-electron chi connectivity index (χ3n) is 1.92. The second-order valence-electron chi connectivity index (χ2n) is 3.24. The molecule has 1 aromatic rings. The van der Waals surface area contributed by atoms with E-state index in [9.17, 15) is 0 Å². The minimum Gasteiger partial charge on any atom is -0.373 e. The molecule has 0 N–H and O–H groups in total. The Balaban J connectivity index is 0.000000312. The highest BCUT2D eigenvalue weighted by molar-refractivity contribution is 8.02. The Morgan fingerprint density at radius 2 is 1.84 bits per heavy atom. The molecule has 7 nitrogen and oxygen atoms in total. The molecular formula is C8H13ClN2O5S3. The smallest absolute Gasteiger partial charge is 0.373 e. The first-order chi connectivity index (χ1) is 8.90. The number of ether oxygens (including phenoxy) is 1. The fourth-order valence-electron chi connectivity index (χ4n) is 1.25. The summed E-state index contributed by atoms with van der Waals surface area (Å²) in [7, 11) is -1.39. The minimum absolute atomic E-state index is 0.834. The SMILES string of the molecule is CCSc1nc(=[N+]2CCOCC2)ss1.[O-][Cl+3]([O-])([O-])[O-]. The number of rotatable bonds is 2. The summed E-state index contributed by atoms with van der Waals surface area (Å²) >= 11 is 1.82. The van der Waals surface area contributed by atoms with E-state index < -0.39 is 10.2 Å². The number of halogens is 1. The van der Waals surface area contributed by atoms with Crippen LogP contribution in [0.5, 0.6) is 0 Å². The Morgan fingerprint density at radius 3 is 2.37 bits per heavy atom. The van der Waals surface area contributed by atoms with E-state index in [4.69, 9.17) is 23.4 Å². The summed E-state index contributed by atoms with van der Waals surface area (Å²) in [6, 6.07) is 0. The number of hydrogen-bond donors (Lipinski definition) is 0. The average Bonchev–Trinajstić information content (AvgIpc) is 2.77. The number of hydrogen-bond acceptors (Lipinski definition) is 9. The molecule has 11 heteroatoms. The van der Waals surface area contributed by atoms with Gasteiger partial charge in [-0.05, 0) is 21.1 Å². The van der Waals surface area contributed by atoms with Gasteiger partial charge in [0.15, 0.2) is 0 Å². The molecule has 1 aromatic heterocycles. The summed E-state index contributed by atoms with van der Waals surface area (Å²) in [6.07, 6.45) is 0. The topological polar surface area (TPSA) is 117 Å². The molecule has 1 saturated heterocycles. The number of morpholine rings is 1. The molecule has 0 aliphatic carbocycles. The van der Waals surface area contributed by atoms with Crippen molar-refractivity contribution in [2.24, 2.45) is 0 Å². The maximum absolute atomic E-state index is 8.49. The van der Waals surface area contributed by atoms with Crippen molar-refractivity contribution in [3.05, 3.63) is 4.80 Å². The van der Waals surface area contributed by atoms with E-state index in [0.29, 0.717) is 0 Å². The van der Waals surface area contributed by atoms with E-state index in [0.717, 1.165) is 36.9 Å². The molecule has 19 heavy (non-hydrogen) atoms. The molecule has 0 aromatic carbocycles. The summed E-state index contributed by atoms with van der Waals surface area (Å²) in [5.74, 6) is 1.10. The molecular weight excluding hydrogens is 336 g/mol. The first kappa shape index (κ1) is 17.3. The van der Waals surface area contributed by atoms with Gasteiger partial charge in [-0.1, -0.05) is 18.7 Å². The molecule has 2 rings (SSSR count). The van der Waals surface area contributed by atoms with Crippen LogP contribution in [0.1, 0.15) is 6.92 Å². The van der Waals surface area contributed by atoms with Crippen LogP contribution in [0.2, 0.25) is 0 Å². The molecule has 1 aliphatic heterocycles. The van der Waals surface area contributed by atoms with Crippen molar-refractivity contribution in [2.75, 3.05) is 32.1 Å². The van der Waals surface area contributed by atoms with E-state index in [1.807, 2.05) is 11.8 Å². The first-order valence-corrected chi connectivity index (χ1v) is 9.64. The zero-order valence-electron chi connectivity index (χ0n) is 10.1. The molecule has 0 atom stereocenters. The largest absolute Gasteiger partial charge is 0.389 e. The predicted molar refractivity (Wildman–Crippen MR) is 62.2 cm³/mol. The zero-order chi connectivity index (χ0) is 14.3. The molecule has 0 unspecified atom stereocenters. The monoisotopic (exact) mass is 348 g/mol. The molecule has 0 radical (unpaired) electrons. The Bertz CT molecular complexity index is 430. The van der Waals surface area contributed by atoms with Gasteiger partial charge in [0, 0.05) is 10.3 Å². The van der Waals surface area contributed by atoms with Crippen molar-refractivity contribution in [1.29, 1.82) is 0 Å². The fourth-order valence-corrected chi connectivity index (χ4v) is 4.71. The Hall–Kier alpha value is 0.220. The van der Waals surface area contributed by atoms with Crippen molar-refractivity contribution in [3.63, 3.8) is 0 Å². The van der Waals surface area contributed by atoms with Crippen LogP contribution < -0.4 is 28.0 Å². The van der Waals surface area contributed by atoms with Gasteiger partial charge in [0.1, 0.15) is 13.1 Å². The molecule has 1 aliphatic rings. The van der Waals surface area contributed by atoms with Crippen LogP contribution in [0.25, 0.3) is 0 Å². The Kier molecular flexibility index (Phi) is 7.72. The van der Waals surface area contributed by atoms with Gasteiger partial charge >= 0.3 is 4.80 Å². The van der Waals surface area contributed by atoms with Gasteiger partial charge < -0.3 is 4.74 Å². The molecule has 0 amide bonds. The summed E-state index contributed by atoms with van der Waals surface area (Å²) < 4.78 is 42.8. The maximum Gasteiger partial charge on any atom is 0.389 e. The van der Waals surface area contributed by atoms with Crippen molar-refractivity contribution in [1.82, 2.24) is 9.56 Å². The van der Waals surface area contributed by atoms with Crippen molar-refractivity contribution in [2.45, 2.75) is 11.3 Å². The normalized spacial score (nSPS) is 15.9. The molecule has 110 valence electrons. The second-order valence-corrected chi connectivity index (χ2v) is 7.59. The van der Waals surface area contributed by atoms with Crippen LogP contribution in [0.3, 0.4) is 0 Å². The summed E-state index contributed by atoms with van der Waals surface area (Å²) in [5.41, 5.74) is 0. The van der Waals surface area contributed by atoms with E-state index in [1.165, 1.54) is 4.34 Å². The lowest BCUT2D eigenvalue weighted by molar-refractivity contribution is -2.00. The standard InChI is InChI=1S/C8H13N2OS3.ClHO4/c1-2-12-8-9-7(13-14-8)10-3-5-11-6-4-10;2-1(3,4)5/h2-6H2,1H3;(H,2,3,4,5)/q+1;/p-1. The van der Waals surface area contributed by atoms with Crippen LogP contribution in [0, 0.1) is 10.2 Å². The summed E-state index contributed by atoms with van der Waals surface area (Å²) in [4.78, 5) is 5.76. The van der Waals surface area contributed by atoms with E-state index in [1.54, 1.807) is 20.7 Å². The van der Waals surface area contributed by atoms with Crippen molar-refractivity contribution < 1.29 is 33.6 Å². The predicted octanol–water partition coefficient (Wildman–Crippen LogP) is -3.64. The molecule has 0 bridgehead atoms. The summed E-state index contributed by atoms with van der Waals surface area (Å²) in [5, 5.41) is 0. The lowest BCUT2D eigenvalue weighted by Crippen LogP contribution is -2.68. The Morgan fingerprint density at radius 1 is 1.26 bits per heavy atom. The lowest BCUT2D eigenvalue weighted by Gasteiger charge is -2.17. The average molecular weight is 349 g/mol. The van der Waals surface area contributed by atoms with Crippen LogP contribution in [-0.4, -0.2) is 37.0 Å². The minimum atomic E-state index is -4.94. The van der Waals surface area contributed by atoms with Crippen molar-refractivity contribution >= 4 is 32.4 Å². The van der Waals surface area contributed by atoms with E-state index >= 15 is 0 Å². The third kappa shape index (κ3) is 8.17. The molecule has 0 saturated carbocycles. The highest BCUT2D eigenvalue weighted by Crippen LogP contribution is 2.20. The lowest BCUT2D eigenvalue weighted by atomic mass is 10.5. The number of aromatic nitrogens is 1. The van der Waals surface area contributed by atoms with Crippen LogP contribution in [-0.2, 0) is 4.74 Å². The maximum atomic E-state index is 8.49. The highest BCUT2D eigenvalue weighted by Gasteiger charge is 2.14. The first-order valence-electron chi connectivity index (χ1n) is 5.27. The highest BCUT2D eigenvalue weighted by atomic mass is 35.7. The second kappa shape index (κ2) is 8.49. The van der Waals surface area contributed by atoms with Crippen LogP contribution in [0.15, 0.2) is 4.34 Å². The number of thioether (sulfide) groups is 1. The Labute approximate surface area is 123 Å². The van der Waals surface area contributed by atoms with Gasteiger partial charge in [0.2, 0.25) is 0 Å². The van der Waals surface area contributed by atoms with E-state index in [-0.39, 0.29) is 0 Å². The molecule has 0 spiro atoms. The van der Waals surface area contributed by atoms with Crippen LogP contribution >= 0.6 is 32.4 Å². The van der Waals surface area contributed by atoms with Crippen LogP contribution in [0.4, 0.5) is 0 Å². The van der Waals surface area contributed by atoms with Gasteiger partial charge in [-0.3, -0.25) is 0 Å². The van der Waals surface area contributed by atoms with Gasteiger partial charge in [0.25, 0.3) is 4.34 Å². The van der Waals surface area contributed by atoms with Crippen molar-refractivity contribution in [3.8, 4) is 0 Å². The summed E-state index contributed by atoms with van der Waals surface area (Å²) in [6.45, 7) is 5.79.